The number of para-hydroxylation sites is 2. The highest BCUT2D eigenvalue weighted by atomic mass is 16.3. The van der Waals surface area contributed by atoms with Gasteiger partial charge in [0, 0.05) is 27.6 Å². The van der Waals surface area contributed by atoms with Crippen molar-refractivity contribution in [2.45, 2.75) is 19.3 Å². The van der Waals surface area contributed by atoms with Gasteiger partial charge in [0.25, 0.3) is 0 Å². The molecule has 1 aliphatic carbocycles. The van der Waals surface area contributed by atoms with Crippen LogP contribution in [0.1, 0.15) is 31.8 Å². The molecule has 0 amide bonds. The molecular formula is C39H29NO. The first-order valence-corrected chi connectivity index (χ1v) is 13.8. The predicted octanol–water partition coefficient (Wildman–Crippen LogP) is 11.0. The molecule has 6 aromatic carbocycles. The van der Waals surface area contributed by atoms with Gasteiger partial charge in [0.2, 0.25) is 0 Å². The lowest BCUT2D eigenvalue weighted by Gasteiger charge is -2.25. The van der Waals surface area contributed by atoms with Gasteiger partial charge in [-0.2, -0.15) is 0 Å². The summed E-state index contributed by atoms with van der Waals surface area (Å²) < 4.78 is 49.8. The average Bonchev–Trinajstić information content (AvgIpc) is 3.57. The zero-order valence-electron chi connectivity index (χ0n) is 27.7. The molecule has 1 aromatic heterocycles. The summed E-state index contributed by atoms with van der Waals surface area (Å²) in [7, 11) is 0. The van der Waals surface area contributed by atoms with Crippen molar-refractivity contribution in [3.8, 4) is 22.3 Å². The normalized spacial score (nSPS) is 15.0. The third-order valence-electron chi connectivity index (χ3n) is 8.35. The molecule has 2 nitrogen and oxygen atoms in total. The Morgan fingerprint density at radius 1 is 0.634 bits per heavy atom. The van der Waals surface area contributed by atoms with Crippen LogP contribution in [0.25, 0.3) is 44.2 Å². The van der Waals surface area contributed by atoms with Crippen LogP contribution in [0.2, 0.25) is 0 Å². The maximum absolute atomic E-state index is 8.91. The van der Waals surface area contributed by atoms with Gasteiger partial charge in [-0.25, -0.2) is 0 Å². The molecule has 0 atom stereocenters. The second-order valence-electron chi connectivity index (χ2n) is 11.0. The Labute approximate surface area is 247 Å². The molecule has 41 heavy (non-hydrogen) atoms. The number of fused-ring (bicyclic) bond motifs is 6. The summed E-state index contributed by atoms with van der Waals surface area (Å²) in [6.07, 6.45) is 0. The fraction of sp³-hybridized carbons (Fsp3) is 0.0769. The maximum Gasteiger partial charge on any atom is 0.160 e. The van der Waals surface area contributed by atoms with E-state index >= 15 is 0 Å². The molecule has 0 saturated carbocycles. The third kappa shape index (κ3) is 3.57. The minimum Gasteiger partial charge on any atom is -0.454 e. The second kappa shape index (κ2) is 8.97. The number of furan rings is 1. The van der Waals surface area contributed by atoms with Gasteiger partial charge in [-0.05, 0) is 75.8 Å². The highest BCUT2D eigenvalue weighted by Gasteiger charge is 2.36. The Morgan fingerprint density at radius 3 is 2.12 bits per heavy atom. The van der Waals surface area contributed by atoms with E-state index in [4.69, 9.17) is 11.3 Å². The summed E-state index contributed by atoms with van der Waals surface area (Å²) in [6, 6.07) is 34.6. The molecule has 7 aromatic rings. The third-order valence-corrected chi connectivity index (χ3v) is 8.35. The first kappa shape index (κ1) is 19.1. The molecule has 8 rings (SSSR count). The van der Waals surface area contributed by atoms with Crippen molar-refractivity contribution in [2.24, 2.45) is 0 Å². The van der Waals surface area contributed by atoms with Crippen LogP contribution in [0.3, 0.4) is 0 Å². The van der Waals surface area contributed by atoms with Gasteiger partial charge < -0.3 is 9.32 Å². The Bertz CT molecular complexity index is 2320. The van der Waals surface area contributed by atoms with E-state index in [-0.39, 0.29) is 23.2 Å². The van der Waals surface area contributed by atoms with Crippen LogP contribution >= 0.6 is 0 Å². The zero-order valence-corrected chi connectivity index (χ0v) is 22.7. The summed E-state index contributed by atoms with van der Waals surface area (Å²) in [5.41, 5.74) is 9.23. The molecule has 0 bridgehead atoms. The van der Waals surface area contributed by atoms with E-state index in [0.29, 0.717) is 17.0 Å². The average molecular weight is 533 g/mol. The first-order chi connectivity index (χ1) is 22.2. The Hall–Kier alpha value is -5.08. The van der Waals surface area contributed by atoms with Crippen molar-refractivity contribution in [1.82, 2.24) is 0 Å². The lowest BCUT2D eigenvalue weighted by Crippen LogP contribution is -2.14. The van der Waals surface area contributed by atoms with E-state index in [0.717, 1.165) is 27.5 Å². The highest BCUT2D eigenvalue weighted by Crippen LogP contribution is 2.52. The molecule has 0 aliphatic heterocycles. The lowest BCUT2D eigenvalue weighted by molar-refractivity contribution is 0.647. The Morgan fingerprint density at radius 2 is 1.34 bits per heavy atom. The smallest absolute Gasteiger partial charge is 0.160 e. The summed E-state index contributed by atoms with van der Waals surface area (Å²) >= 11 is 0. The van der Waals surface area contributed by atoms with Crippen molar-refractivity contribution in [2.75, 3.05) is 4.90 Å². The number of rotatable bonds is 4. The molecule has 0 unspecified atom stereocenters. The summed E-state index contributed by atoms with van der Waals surface area (Å²) in [6.45, 7) is 4.48. The Kier molecular flexibility index (Phi) is 4.17. The first-order valence-electron chi connectivity index (χ1n) is 16.3. The van der Waals surface area contributed by atoms with Gasteiger partial charge in [-0.3, -0.25) is 0 Å². The fourth-order valence-corrected chi connectivity index (χ4v) is 6.42. The lowest BCUT2D eigenvalue weighted by atomic mass is 9.82. The topological polar surface area (TPSA) is 16.4 Å². The minimum absolute atomic E-state index is 0.0592. The van der Waals surface area contributed by atoms with Crippen molar-refractivity contribution in [1.29, 1.82) is 0 Å². The molecule has 1 heterocycles. The van der Waals surface area contributed by atoms with Crippen LogP contribution in [-0.2, 0) is 5.41 Å². The van der Waals surface area contributed by atoms with Crippen molar-refractivity contribution in [3.05, 3.63) is 151 Å². The molecule has 0 N–H and O–H groups in total. The van der Waals surface area contributed by atoms with E-state index in [1.165, 1.54) is 22.3 Å². The minimum atomic E-state index is -0.433. The largest absolute Gasteiger partial charge is 0.454 e. The van der Waals surface area contributed by atoms with Crippen LogP contribution < -0.4 is 4.90 Å². The monoisotopic (exact) mass is 532 g/mol. The van der Waals surface area contributed by atoms with Gasteiger partial charge >= 0.3 is 0 Å². The van der Waals surface area contributed by atoms with Crippen LogP contribution in [0.4, 0.5) is 17.1 Å². The SMILES string of the molecule is [2H]c1c([2H])c([2H])c(N(c2ccccc2)c2ccc(-c3ccccc3)c3c2oc2cc4c(cc23)-c2ccccc2C4(C)C)c([2H])c1[2H]. The quantitative estimate of drug-likeness (QED) is 0.224. The number of benzene rings is 6. The van der Waals surface area contributed by atoms with Gasteiger partial charge in [0.1, 0.15) is 5.58 Å². The van der Waals surface area contributed by atoms with Crippen LogP contribution in [0, 0.1) is 0 Å². The predicted molar refractivity (Wildman–Crippen MR) is 171 cm³/mol. The van der Waals surface area contributed by atoms with E-state index < -0.39 is 18.1 Å². The van der Waals surface area contributed by atoms with E-state index in [9.17, 15) is 0 Å². The molecular weight excluding hydrogens is 498 g/mol. The van der Waals surface area contributed by atoms with Crippen LogP contribution in [0.5, 0.6) is 0 Å². The molecule has 0 fully saturated rings. The van der Waals surface area contributed by atoms with Gasteiger partial charge in [-0.15, -0.1) is 0 Å². The molecule has 0 spiro atoms. The summed E-state index contributed by atoms with van der Waals surface area (Å²) in [5, 5.41) is 1.85. The maximum atomic E-state index is 8.91. The molecule has 0 saturated heterocycles. The van der Waals surface area contributed by atoms with Gasteiger partial charge in [0.15, 0.2) is 5.58 Å². The van der Waals surface area contributed by atoms with Gasteiger partial charge in [-0.1, -0.05) is 111 Å². The summed E-state index contributed by atoms with van der Waals surface area (Å²) in [4.78, 5) is 1.73. The number of nitrogens with zero attached hydrogens (tertiary/aromatic N) is 1. The fourth-order valence-electron chi connectivity index (χ4n) is 6.42. The molecule has 196 valence electrons. The highest BCUT2D eigenvalue weighted by molar-refractivity contribution is 6.18. The zero-order chi connectivity index (χ0) is 31.9. The standard InChI is InChI=1S/C39H29NO/c1-39(2)33-21-13-12-20-30(33)31-24-32-36(25-34(31)39)41-38-35(23-22-29(37(32)38)26-14-6-3-7-15-26)40(27-16-8-4-9-17-27)28-18-10-5-11-19-28/h3-25H,1-2H3/i4D,8D,9D,16D,17D. The molecule has 2 heteroatoms. The Balaban J connectivity index is 1.51. The van der Waals surface area contributed by atoms with E-state index in [1.54, 1.807) is 4.90 Å². The second-order valence-corrected chi connectivity index (χ2v) is 11.0. The van der Waals surface area contributed by atoms with Gasteiger partial charge in [0.05, 0.1) is 12.5 Å². The van der Waals surface area contributed by atoms with Crippen molar-refractivity contribution < 1.29 is 11.3 Å². The van der Waals surface area contributed by atoms with E-state index in [1.807, 2.05) is 60.7 Å². The van der Waals surface area contributed by atoms with Crippen LogP contribution in [-0.4, -0.2) is 0 Å². The number of hydrogen-bond acceptors (Lipinski definition) is 2. The number of hydrogen-bond donors (Lipinski definition) is 0. The number of anilines is 3. The van der Waals surface area contributed by atoms with E-state index in [2.05, 4.69) is 62.4 Å². The van der Waals surface area contributed by atoms with Crippen molar-refractivity contribution in [3.63, 3.8) is 0 Å². The molecule has 1 aliphatic rings. The molecule has 0 radical (unpaired) electrons. The van der Waals surface area contributed by atoms with Crippen molar-refractivity contribution >= 4 is 39.0 Å². The van der Waals surface area contributed by atoms with Crippen LogP contribution in [0.15, 0.2) is 144 Å². The summed E-state index contributed by atoms with van der Waals surface area (Å²) in [5.74, 6) is 0.